The molecule has 1 saturated heterocycles. The van der Waals surface area contributed by atoms with Gasteiger partial charge in [-0.15, -0.1) is 0 Å². The summed E-state index contributed by atoms with van der Waals surface area (Å²) in [4.78, 5) is 24.6. The Bertz CT molecular complexity index is 876. The topological polar surface area (TPSA) is 77.8 Å². The molecule has 3 rings (SSSR count). The zero-order valence-corrected chi connectivity index (χ0v) is 16.7. The standard InChI is InChI=1S/C24H29NO4/c26-22(20-11-10-18-7-4-5-8-19(18)17-20)14-12-21-13-15-23(27)25(21)16-6-2-1-3-9-24(28)29/h4-5,7-8,10-12,14,17,21-22,26H,1-3,6,9,13,15-16H2,(H,28,29)/b14-12+/t21-,22?/m0/s1. The van der Waals surface area contributed by atoms with Gasteiger partial charge in [-0.2, -0.15) is 0 Å². The number of hydrogen-bond donors (Lipinski definition) is 2. The first-order chi connectivity index (χ1) is 14.0. The normalized spacial score (nSPS) is 18.0. The number of benzene rings is 2. The highest BCUT2D eigenvalue weighted by atomic mass is 16.4. The molecule has 5 heteroatoms. The Morgan fingerprint density at radius 3 is 2.66 bits per heavy atom. The fourth-order valence-corrected chi connectivity index (χ4v) is 3.89. The van der Waals surface area contributed by atoms with Crippen molar-refractivity contribution in [1.82, 2.24) is 4.90 Å². The zero-order chi connectivity index (χ0) is 20.6. The van der Waals surface area contributed by atoms with Crippen molar-refractivity contribution in [2.45, 2.75) is 57.1 Å². The Hall–Kier alpha value is -2.66. The molecule has 29 heavy (non-hydrogen) atoms. The third-order valence-corrected chi connectivity index (χ3v) is 5.54. The summed E-state index contributed by atoms with van der Waals surface area (Å²) < 4.78 is 0. The lowest BCUT2D eigenvalue weighted by Crippen LogP contribution is -2.32. The van der Waals surface area contributed by atoms with Gasteiger partial charge in [0.05, 0.1) is 12.1 Å². The molecular formula is C24H29NO4. The Kier molecular flexibility index (Phi) is 7.42. The second kappa shape index (κ2) is 10.2. The van der Waals surface area contributed by atoms with Crippen LogP contribution in [0.4, 0.5) is 0 Å². The lowest BCUT2D eigenvalue weighted by molar-refractivity contribution is -0.137. The highest BCUT2D eigenvalue weighted by Gasteiger charge is 2.28. The predicted molar refractivity (Wildman–Crippen MR) is 114 cm³/mol. The number of carbonyl (C=O) groups excluding carboxylic acids is 1. The van der Waals surface area contributed by atoms with Gasteiger partial charge in [0.1, 0.15) is 0 Å². The van der Waals surface area contributed by atoms with E-state index in [2.05, 4.69) is 0 Å². The van der Waals surface area contributed by atoms with Crippen LogP contribution in [0.25, 0.3) is 10.8 Å². The maximum Gasteiger partial charge on any atom is 0.303 e. The number of aliphatic hydroxyl groups is 1. The number of amides is 1. The van der Waals surface area contributed by atoms with Crippen molar-refractivity contribution in [3.8, 4) is 0 Å². The summed E-state index contributed by atoms with van der Waals surface area (Å²) in [5.74, 6) is -0.597. The molecule has 5 nitrogen and oxygen atoms in total. The SMILES string of the molecule is O=C(O)CCCCCCN1C(=O)CC[C@@H]1/C=C/C(O)c1ccc2ccccc2c1. The molecule has 1 amide bonds. The molecule has 1 aliphatic heterocycles. The number of carboxylic acids is 1. The Balaban J connectivity index is 1.53. The van der Waals surface area contributed by atoms with Gasteiger partial charge >= 0.3 is 5.97 Å². The molecule has 2 N–H and O–H groups in total. The molecule has 0 aromatic heterocycles. The number of likely N-dealkylation sites (tertiary alicyclic amines) is 1. The first-order valence-corrected chi connectivity index (χ1v) is 10.4. The van der Waals surface area contributed by atoms with E-state index >= 15 is 0 Å². The number of rotatable bonds is 10. The van der Waals surface area contributed by atoms with E-state index in [1.165, 1.54) is 0 Å². The molecule has 2 atom stereocenters. The van der Waals surface area contributed by atoms with Crippen LogP contribution in [0.2, 0.25) is 0 Å². The largest absolute Gasteiger partial charge is 0.481 e. The molecular weight excluding hydrogens is 366 g/mol. The molecule has 2 aromatic rings. The van der Waals surface area contributed by atoms with Crippen LogP contribution in [0.5, 0.6) is 0 Å². The number of carbonyl (C=O) groups is 2. The summed E-state index contributed by atoms with van der Waals surface area (Å²) in [5, 5.41) is 21.5. The fourth-order valence-electron chi connectivity index (χ4n) is 3.89. The third kappa shape index (κ3) is 5.91. The zero-order valence-electron chi connectivity index (χ0n) is 16.7. The number of hydrogen-bond acceptors (Lipinski definition) is 3. The number of aliphatic carboxylic acids is 1. The van der Waals surface area contributed by atoms with E-state index in [0.717, 1.165) is 42.0 Å². The predicted octanol–water partition coefficient (Wildman–Crippen LogP) is 4.46. The summed E-state index contributed by atoms with van der Waals surface area (Å²) >= 11 is 0. The van der Waals surface area contributed by atoms with Crippen LogP contribution in [0.3, 0.4) is 0 Å². The highest BCUT2D eigenvalue weighted by Crippen LogP contribution is 2.24. The molecule has 2 aromatic carbocycles. The Morgan fingerprint density at radius 1 is 1.10 bits per heavy atom. The summed E-state index contributed by atoms with van der Waals surface area (Å²) in [6.45, 7) is 0.687. The van der Waals surface area contributed by atoms with Gasteiger partial charge in [-0.1, -0.05) is 61.4 Å². The van der Waals surface area contributed by atoms with Gasteiger partial charge in [0.2, 0.25) is 5.91 Å². The number of carboxylic acid groups (broad SMARTS) is 1. The summed E-state index contributed by atoms with van der Waals surface area (Å²) in [6.07, 6.45) is 7.92. The van der Waals surface area contributed by atoms with E-state index in [1.807, 2.05) is 53.4 Å². The average molecular weight is 395 g/mol. The van der Waals surface area contributed by atoms with Crippen LogP contribution in [0.1, 0.15) is 56.6 Å². The van der Waals surface area contributed by atoms with Crippen LogP contribution < -0.4 is 0 Å². The summed E-state index contributed by atoms with van der Waals surface area (Å²) in [6, 6.07) is 14.0. The second-order valence-electron chi connectivity index (χ2n) is 7.69. The number of unbranched alkanes of at least 4 members (excludes halogenated alkanes) is 3. The maximum absolute atomic E-state index is 12.2. The molecule has 154 valence electrons. The van der Waals surface area contributed by atoms with Crippen LogP contribution in [0.15, 0.2) is 54.6 Å². The minimum Gasteiger partial charge on any atom is -0.481 e. The third-order valence-electron chi connectivity index (χ3n) is 5.54. The minimum atomic E-state index is -0.755. The van der Waals surface area contributed by atoms with Crippen molar-refractivity contribution in [2.24, 2.45) is 0 Å². The molecule has 0 bridgehead atoms. The van der Waals surface area contributed by atoms with Gasteiger partial charge in [0.25, 0.3) is 0 Å². The van der Waals surface area contributed by atoms with Gasteiger partial charge < -0.3 is 15.1 Å². The molecule has 0 aliphatic carbocycles. The Labute approximate surface area is 171 Å². The molecule has 1 unspecified atom stereocenters. The first kappa shape index (κ1) is 21.1. The molecule has 1 fully saturated rings. The van der Waals surface area contributed by atoms with Gasteiger partial charge in [-0.3, -0.25) is 9.59 Å². The van der Waals surface area contributed by atoms with E-state index in [9.17, 15) is 14.7 Å². The van der Waals surface area contributed by atoms with Crippen molar-refractivity contribution in [3.63, 3.8) is 0 Å². The molecule has 0 radical (unpaired) electrons. The van der Waals surface area contributed by atoms with Gasteiger partial charge in [-0.05, 0) is 41.7 Å². The van der Waals surface area contributed by atoms with Crippen LogP contribution in [-0.2, 0) is 9.59 Å². The quantitative estimate of drug-likeness (QED) is 0.460. The smallest absolute Gasteiger partial charge is 0.303 e. The summed E-state index contributed by atoms with van der Waals surface area (Å²) in [7, 11) is 0. The second-order valence-corrected chi connectivity index (χ2v) is 7.69. The van der Waals surface area contributed by atoms with Crippen molar-refractivity contribution in [3.05, 3.63) is 60.2 Å². The van der Waals surface area contributed by atoms with Crippen molar-refractivity contribution in [1.29, 1.82) is 0 Å². The van der Waals surface area contributed by atoms with Crippen molar-refractivity contribution < 1.29 is 19.8 Å². The summed E-state index contributed by atoms with van der Waals surface area (Å²) in [5.41, 5.74) is 0.842. The van der Waals surface area contributed by atoms with Gasteiger partial charge in [-0.25, -0.2) is 0 Å². The Morgan fingerprint density at radius 2 is 1.86 bits per heavy atom. The number of aliphatic hydroxyl groups excluding tert-OH is 1. The van der Waals surface area contributed by atoms with Crippen molar-refractivity contribution in [2.75, 3.05) is 6.54 Å². The van der Waals surface area contributed by atoms with E-state index in [0.29, 0.717) is 19.4 Å². The van der Waals surface area contributed by atoms with Crippen LogP contribution in [0, 0.1) is 0 Å². The fraction of sp³-hybridized carbons (Fsp3) is 0.417. The minimum absolute atomic E-state index is 0.0247. The number of nitrogens with zero attached hydrogens (tertiary/aromatic N) is 1. The van der Waals surface area contributed by atoms with Crippen molar-refractivity contribution >= 4 is 22.6 Å². The molecule has 1 heterocycles. The average Bonchev–Trinajstić information content (AvgIpc) is 3.07. The van der Waals surface area contributed by atoms with E-state index < -0.39 is 12.1 Å². The molecule has 0 saturated carbocycles. The van der Waals surface area contributed by atoms with Gasteiger partial charge in [0.15, 0.2) is 0 Å². The van der Waals surface area contributed by atoms with E-state index in [4.69, 9.17) is 5.11 Å². The molecule has 0 spiro atoms. The lowest BCUT2D eigenvalue weighted by atomic mass is 10.0. The van der Waals surface area contributed by atoms with E-state index in [-0.39, 0.29) is 18.4 Å². The van der Waals surface area contributed by atoms with Crippen LogP contribution in [-0.4, -0.2) is 39.6 Å². The highest BCUT2D eigenvalue weighted by molar-refractivity contribution is 5.83. The lowest BCUT2D eigenvalue weighted by Gasteiger charge is -2.22. The first-order valence-electron chi connectivity index (χ1n) is 10.4. The van der Waals surface area contributed by atoms with Gasteiger partial charge in [0, 0.05) is 19.4 Å². The molecule has 1 aliphatic rings. The number of fused-ring (bicyclic) bond motifs is 1. The maximum atomic E-state index is 12.2. The monoisotopic (exact) mass is 395 g/mol. The van der Waals surface area contributed by atoms with Crippen LogP contribution >= 0.6 is 0 Å². The van der Waals surface area contributed by atoms with E-state index in [1.54, 1.807) is 6.08 Å².